The van der Waals surface area contributed by atoms with Gasteiger partial charge in [0.05, 0.1) is 11.5 Å². The third-order valence-electron chi connectivity index (χ3n) is 3.55. The van der Waals surface area contributed by atoms with Gasteiger partial charge in [0.25, 0.3) is 5.91 Å². The van der Waals surface area contributed by atoms with Gasteiger partial charge in [-0.2, -0.15) is 0 Å². The molecule has 0 saturated carbocycles. The van der Waals surface area contributed by atoms with Crippen molar-refractivity contribution in [2.24, 2.45) is 0 Å². The summed E-state index contributed by atoms with van der Waals surface area (Å²) in [5, 5.41) is 9.20. The molecule has 0 aliphatic rings. The van der Waals surface area contributed by atoms with Crippen molar-refractivity contribution in [2.45, 2.75) is 20.3 Å². The Balaban J connectivity index is 2.05. The van der Waals surface area contributed by atoms with Gasteiger partial charge in [0.2, 0.25) is 0 Å². The summed E-state index contributed by atoms with van der Waals surface area (Å²) in [7, 11) is 0. The van der Waals surface area contributed by atoms with Crippen LogP contribution in [0.2, 0.25) is 0 Å². The average molecular weight is 303 g/mol. The van der Waals surface area contributed by atoms with Gasteiger partial charge in [-0.05, 0) is 37.5 Å². The van der Waals surface area contributed by atoms with Crippen LogP contribution in [0.4, 0.5) is 0 Å². The smallest absolute Gasteiger partial charge is 0.264 e. The molecule has 0 radical (unpaired) electrons. The highest BCUT2D eigenvalue weighted by Crippen LogP contribution is 2.22. The highest BCUT2D eigenvalue weighted by molar-refractivity contribution is 7.14. The van der Waals surface area contributed by atoms with E-state index in [4.69, 9.17) is 0 Å². The number of rotatable bonds is 6. The summed E-state index contributed by atoms with van der Waals surface area (Å²) in [5.41, 5.74) is 2.35. The normalized spacial score (nSPS) is 10.6. The molecule has 1 aromatic carbocycles. The molecule has 4 heteroatoms. The fourth-order valence-electron chi connectivity index (χ4n) is 2.18. The fourth-order valence-corrected chi connectivity index (χ4v) is 3.18. The average Bonchev–Trinajstić information content (AvgIpc) is 2.83. The highest BCUT2D eigenvalue weighted by Gasteiger charge is 2.17. The fraction of sp³-hybridized carbons (Fsp3) is 0.353. The van der Waals surface area contributed by atoms with Crippen molar-refractivity contribution in [1.82, 2.24) is 4.90 Å². The van der Waals surface area contributed by atoms with Crippen molar-refractivity contribution < 1.29 is 9.90 Å². The summed E-state index contributed by atoms with van der Waals surface area (Å²) in [4.78, 5) is 16.2. The van der Waals surface area contributed by atoms with Gasteiger partial charge in [0.15, 0.2) is 0 Å². The Morgan fingerprint density at radius 3 is 2.48 bits per heavy atom. The number of aliphatic hydroxyl groups is 1. The molecule has 1 amide bonds. The van der Waals surface area contributed by atoms with E-state index in [9.17, 15) is 9.90 Å². The van der Waals surface area contributed by atoms with E-state index < -0.39 is 0 Å². The third-order valence-corrected chi connectivity index (χ3v) is 4.69. The van der Waals surface area contributed by atoms with Crippen LogP contribution in [0, 0.1) is 13.8 Å². The van der Waals surface area contributed by atoms with Gasteiger partial charge in [-0.3, -0.25) is 4.79 Å². The Bertz CT molecular complexity index is 573. The van der Waals surface area contributed by atoms with E-state index in [0.717, 1.165) is 16.9 Å². The lowest BCUT2D eigenvalue weighted by atomic mass is 10.1. The number of carbonyl (C=O) groups excluding carboxylic acids is 1. The number of aliphatic hydroxyl groups excluding tert-OH is 1. The topological polar surface area (TPSA) is 40.5 Å². The van der Waals surface area contributed by atoms with Crippen molar-refractivity contribution in [3.8, 4) is 0 Å². The van der Waals surface area contributed by atoms with Crippen LogP contribution < -0.4 is 0 Å². The Morgan fingerprint density at radius 2 is 1.90 bits per heavy atom. The predicted octanol–water partition coefficient (Wildman–Crippen LogP) is 3.04. The summed E-state index contributed by atoms with van der Waals surface area (Å²) < 4.78 is 0. The minimum absolute atomic E-state index is 0.0101. The van der Waals surface area contributed by atoms with Crippen LogP contribution in [0.1, 0.15) is 25.7 Å². The lowest BCUT2D eigenvalue weighted by Crippen LogP contribution is -2.34. The zero-order valence-corrected chi connectivity index (χ0v) is 13.3. The summed E-state index contributed by atoms with van der Waals surface area (Å²) in [6, 6.07) is 12.0. The quantitative estimate of drug-likeness (QED) is 0.891. The summed E-state index contributed by atoms with van der Waals surface area (Å²) in [5.74, 6) is 0.0150. The summed E-state index contributed by atoms with van der Waals surface area (Å²) >= 11 is 1.53. The number of hydrogen-bond donors (Lipinski definition) is 1. The minimum atomic E-state index is -0.0101. The molecule has 0 saturated heterocycles. The second kappa shape index (κ2) is 7.38. The maximum Gasteiger partial charge on any atom is 0.264 e. The van der Waals surface area contributed by atoms with E-state index in [0.29, 0.717) is 13.1 Å². The van der Waals surface area contributed by atoms with E-state index in [1.807, 2.05) is 38.1 Å². The minimum Gasteiger partial charge on any atom is -0.395 e. The monoisotopic (exact) mass is 303 g/mol. The van der Waals surface area contributed by atoms with Gasteiger partial charge >= 0.3 is 0 Å². The molecule has 1 heterocycles. The molecule has 21 heavy (non-hydrogen) atoms. The van der Waals surface area contributed by atoms with Gasteiger partial charge in [0, 0.05) is 18.0 Å². The molecule has 3 nitrogen and oxygen atoms in total. The molecule has 0 fully saturated rings. The number of benzene rings is 1. The molecule has 2 rings (SSSR count). The zero-order valence-electron chi connectivity index (χ0n) is 12.5. The molecular formula is C17H21NO2S. The second-order valence-corrected chi connectivity index (χ2v) is 6.36. The molecule has 1 aromatic heterocycles. The first-order valence-corrected chi connectivity index (χ1v) is 7.94. The molecule has 2 aromatic rings. The first-order valence-electron chi connectivity index (χ1n) is 7.13. The van der Waals surface area contributed by atoms with E-state index in [-0.39, 0.29) is 12.5 Å². The van der Waals surface area contributed by atoms with Crippen LogP contribution in [0.3, 0.4) is 0 Å². The lowest BCUT2D eigenvalue weighted by molar-refractivity contribution is 0.0729. The number of hydrogen-bond acceptors (Lipinski definition) is 3. The zero-order chi connectivity index (χ0) is 15.2. The number of carbonyl (C=O) groups is 1. The van der Waals surface area contributed by atoms with Gasteiger partial charge in [-0.25, -0.2) is 0 Å². The number of thiophene rings is 1. The molecule has 0 aliphatic heterocycles. The largest absolute Gasteiger partial charge is 0.395 e. The highest BCUT2D eigenvalue weighted by atomic mass is 32.1. The molecule has 1 N–H and O–H groups in total. The van der Waals surface area contributed by atoms with Crippen molar-refractivity contribution in [3.63, 3.8) is 0 Å². The Hall–Kier alpha value is -1.65. The summed E-state index contributed by atoms with van der Waals surface area (Å²) in [6.07, 6.45) is 0.802. The van der Waals surface area contributed by atoms with Crippen LogP contribution in [0.5, 0.6) is 0 Å². The van der Waals surface area contributed by atoms with Crippen LogP contribution >= 0.6 is 11.3 Å². The van der Waals surface area contributed by atoms with E-state index in [2.05, 4.69) is 12.1 Å². The van der Waals surface area contributed by atoms with Crippen LogP contribution in [0.15, 0.2) is 36.4 Å². The molecule has 0 aliphatic carbocycles. The van der Waals surface area contributed by atoms with Gasteiger partial charge in [-0.1, -0.05) is 30.3 Å². The van der Waals surface area contributed by atoms with Crippen molar-refractivity contribution in [1.29, 1.82) is 0 Å². The molecular weight excluding hydrogens is 282 g/mol. The van der Waals surface area contributed by atoms with E-state index in [1.165, 1.54) is 21.8 Å². The maximum atomic E-state index is 12.5. The lowest BCUT2D eigenvalue weighted by Gasteiger charge is -2.21. The predicted molar refractivity (Wildman–Crippen MR) is 86.9 cm³/mol. The summed E-state index contributed by atoms with van der Waals surface area (Å²) in [6.45, 7) is 5.03. The molecule has 0 bridgehead atoms. The Kier molecular flexibility index (Phi) is 5.53. The van der Waals surface area contributed by atoms with Gasteiger partial charge in [-0.15, -0.1) is 11.3 Å². The molecule has 0 unspecified atom stereocenters. The van der Waals surface area contributed by atoms with Crippen LogP contribution in [-0.2, 0) is 6.42 Å². The van der Waals surface area contributed by atoms with Crippen molar-refractivity contribution >= 4 is 17.2 Å². The molecule has 0 spiro atoms. The first-order chi connectivity index (χ1) is 10.1. The SMILES string of the molecule is Cc1cc(C(=O)N(CCO)CCc2ccccc2)sc1C. The Labute approximate surface area is 129 Å². The van der Waals surface area contributed by atoms with Crippen molar-refractivity contribution in [2.75, 3.05) is 19.7 Å². The molecule has 0 atom stereocenters. The Morgan fingerprint density at radius 1 is 1.19 bits per heavy atom. The van der Waals surface area contributed by atoms with Gasteiger partial charge in [0.1, 0.15) is 0 Å². The third kappa shape index (κ3) is 4.16. The number of amides is 1. The standard InChI is InChI=1S/C17H21NO2S/c1-13-12-16(21-14(13)2)17(20)18(10-11-19)9-8-15-6-4-3-5-7-15/h3-7,12,19H,8-11H2,1-2H3. The van der Waals surface area contributed by atoms with Gasteiger partial charge < -0.3 is 10.0 Å². The maximum absolute atomic E-state index is 12.5. The first kappa shape index (κ1) is 15.7. The van der Waals surface area contributed by atoms with E-state index >= 15 is 0 Å². The van der Waals surface area contributed by atoms with Crippen LogP contribution in [0.25, 0.3) is 0 Å². The molecule has 112 valence electrons. The van der Waals surface area contributed by atoms with Crippen LogP contribution in [-0.4, -0.2) is 35.6 Å². The van der Waals surface area contributed by atoms with E-state index in [1.54, 1.807) is 4.90 Å². The van der Waals surface area contributed by atoms with Crippen molar-refractivity contribution in [3.05, 3.63) is 57.3 Å². The number of nitrogens with zero attached hydrogens (tertiary/aromatic N) is 1. The second-order valence-electron chi connectivity index (χ2n) is 5.10. The number of aryl methyl sites for hydroxylation is 2.